The Morgan fingerprint density at radius 2 is 1.64 bits per heavy atom. The molecular weight excluding hydrogens is 322 g/mol. The van der Waals surface area contributed by atoms with Crippen LogP contribution in [-0.4, -0.2) is 30.6 Å². The summed E-state index contributed by atoms with van der Waals surface area (Å²) in [6.07, 6.45) is 11.3. The Hall–Kier alpha value is -1.36. The predicted octanol–water partition coefficient (Wildman–Crippen LogP) is 5.16. The van der Waals surface area contributed by atoms with E-state index in [0.717, 1.165) is 24.4 Å². The van der Waals surface area contributed by atoms with Crippen molar-refractivity contribution in [3.63, 3.8) is 0 Å². The fraction of sp³-hybridized carbons (Fsp3) is 0.700. The number of ether oxygens (including phenoxy) is 1. The lowest BCUT2D eigenvalue weighted by atomic mass is 9.80. The summed E-state index contributed by atoms with van der Waals surface area (Å²) in [7, 11) is 2.29. The van der Waals surface area contributed by atoms with Crippen molar-refractivity contribution in [2.75, 3.05) is 12.8 Å². The molecular formula is C20H30F2N2O. The molecule has 0 unspecified atom stereocenters. The molecule has 2 fully saturated rings. The van der Waals surface area contributed by atoms with Gasteiger partial charge in [0.25, 0.3) is 0 Å². The number of nitrogens with two attached hydrogens (primary N) is 1. The molecule has 0 heterocycles. The number of rotatable bonds is 5. The molecule has 0 radical (unpaired) electrons. The highest BCUT2D eigenvalue weighted by atomic mass is 19.3. The third kappa shape index (κ3) is 4.63. The number of benzene rings is 1. The van der Waals surface area contributed by atoms with Crippen LogP contribution in [0.4, 0.5) is 14.5 Å². The molecule has 0 amide bonds. The summed E-state index contributed by atoms with van der Waals surface area (Å²) >= 11 is 0. The summed E-state index contributed by atoms with van der Waals surface area (Å²) in [5.41, 5.74) is 7.09. The van der Waals surface area contributed by atoms with Crippen LogP contribution in [0.3, 0.4) is 0 Å². The van der Waals surface area contributed by atoms with Crippen molar-refractivity contribution in [1.29, 1.82) is 0 Å². The van der Waals surface area contributed by atoms with Crippen molar-refractivity contribution in [3.8, 4) is 5.75 Å². The Labute approximate surface area is 149 Å². The minimum atomic E-state index is -2.84. The number of nitrogens with zero attached hydrogens (tertiary/aromatic N) is 1. The Morgan fingerprint density at radius 1 is 1.00 bits per heavy atom. The fourth-order valence-electron chi connectivity index (χ4n) is 4.61. The second-order valence-electron chi connectivity index (χ2n) is 7.64. The summed E-state index contributed by atoms with van der Waals surface area (Å²) in [4.78, 5) is 2.61. The molecule has 0 spiro atoms. The van der Waals surface area contributed by atoms with Gasteiger partial charge in [-0.3, -0.25) is 0 Å². The van der Waals surface area contributed by atoms with E-state index in [0.29, 0.717) is 12.0 Å². The summed E-state index contributed by atoms with van der Waals surface area (Å²) in [6, 6.07) is 6.76. The zero-order valence-electron chi connectivity index (χ0n) is 15.1. The molecule has 0 saturated heterocycles. The predicted molar refractivity (Wildman–Crippen MR) is 97.1 cm³/mol. The van der Waals surface area contributed by atoms with Gasteiger partial charge in [0.05, 0.1) is 5.69 Å². The minimum Gasteiger partial charge on any atom is -0.433 e. The lowest BCUT2D eigenvalue weighted by Gasteiger charge is -2.40. The number of hydrogen-bond acceptors (Lipinski definition) is 3. The van der Waals surface area contributed by atoms with Crippen molar-refractivity contribution in [2.45, 2.75) is 82.4 Å². The zero-order valence-corrected chi connectivity index (χ0v) is 15.1. The average Bonchev–Trinajstić information content (AvgIpc) is 2.63. The van der Waals surface area contributed by atoms with Crippen LogP contribution in [0.1, 0.15) is 69.3 Å². The molecule has 2 aliphatic rings. The number of hydrogen-bond donors (Lipinski definition) is 1. The Bertz CT molecular complexity index is 553. The van der Waals surface area contributed by atoms with Crippen LogP contribution in [0.2, 0.25) is 0 Å². The van der Waals surface area contributed by atoms with Crippen molar-refractivity contribution in [1.82, 2.24) is 4.90 Å². The normalized spacial score (nSPS) is 25.5. The Balaban J connectivity index is 1.58. The topological polar surface area (TPSA) is 38.5 Å². The number of halogens is 2. The second kappa shape index (κ2) is 8.35. The van der Waals surface area contributed by atoms with E-state index in [9.17, 15) is 8.78 Å². The van der Waals surface area contributed by atoms with Crippen LogP contribution in [0.5, 0.6) is 5.75 Å². The van der Waals surface area contributed by atoms with Gasteiger partial charge in [-0.2, -0.15) is 8.78 Å². The first kappa shape index (κ1) is 18.4. The van der Waals surface area contributed by atoms with Crippen LogP contribution in [0.25, 0.3) is 0 Å². The Kier molecular flexibility index (Phi) is 6.15. The lowest BCUT2D eigenvalue weighted by Crippen LogP contribution is -2.42. The van der Waals surface area contributed by atoms with Gasteiger partial charge in [-0.25, -0.2) is 0 Å². The van der Waals surface area contributed by atoms with Crippen LogP contribution in [-0.2, 0) is 0 Å². The smallest absolute Gasteiger partial charge is 0.387 e. The van der Waals surface area contributed by atoms with Crippen LogP contribution in [0, 0.1) is 0 Å². The van der Waals surface area contributed by atoms with E-state index in [1.165, 1.54) is 44.9 Å². The van der Waals surface area contributed by atoms with Gasteiger partial charge in [0.2, 0.25) is 0 Å². The Morgan fingerprint density at radius 3 is 2.28 bits per heavy atom. The van der Waals surface area contributed by atoms with E-state index in [1.54, 1.807) is 12.1 Å². The van der Waals surface area contributed by atoms with Gasteiger partial charge in [-0.15, -0.1) is 0 Å². The summed E-state index contributed by atoms with van der Waals surface area (Å²) in [6.45, 7) is -2.84. The molecule has 0 aliphatic heterocycles. The van der Waals surface area contributed by atoms with Gasteiger partial charge < -0.3 is 15.4 Å². The van der Waals surface area contributed by atoms with Crippen LogP contribution < -0.4 is 10.5 Å². The molecule has 25 heavy (non-hydrogen) atoms. The second-order valence-corrected chi connectivity index (χ2v) is 7.64. The maximum Gasteiger partial charge on any atom is 0.387 e. The average molecular weight is 352 g/mol. The first-order valence-electron chi connectivity index (χ1n) is 9.60. The van der Waals surface area contributed by atoms with Gasteiger partial charge in [0.15, 0.2) is 0 Å². The highest BCUT2D eigenvalue weighted by Gasteiger charge is 2.29. The molecule has 1 aromatic carbocycles. The molecule has 2 aliphatic carbocycles. The zero-order chi connectivity index (χ0) is 17.8. The summed E-state index contributed by atoms with van der Waals surface area (Å²) in [5.74, 6) is 0.519. The third-order valence-electron chi connectivity index (χ3n) is 6.15. The first-order chi connectivity index (χ1) is 12.0. The third-order valence-corrected chi connectivity index (χ3v) is 6.15. The summed E-state index contributed by atoms with van der Waals surface area (Å²) < 4.78 is 29.6. The SMILES string of the molecule is CN(C1CCCCC1)C1CCC(c2ccc(N)c(OC(F)F)c2)CC1. The summed E-state index contributed by atoms with van der Waals surface area (Å²) in [5, 5.41) is 0. The van der Waals surface area contributed by atoms with E-state index >= 15 is 0 Å². The minimum absolute atomic E-state index is 0.106. The van der Waals surface area contributed by atoms with Gasteiger partial charge >= 0.3 is 6.61 Å². The van der Waals surface area contributed by atoms with Gasteiger partial charge in [-0.05, 0) is 69.2 Å². The fourth-order valence-corrected chi connectivity index (χ4v) is 4.61. The number of nitrogen functional groups attached to an aromatic ring is 1. The molecule has 3 nitrogen and oxygen atoms in total. The number of anilines is 1. The van der Waals surface area contributed by atoms with Crippen LogP contribution in [0.15, 0.2) is 18.2 Å². The maximum atomic E-state index is 12.5. The standard InChI is InChI=1S/C20H30F2N2O/c1-24(16-5-3-2-4-6-16)17-10-7-14(8-11-17)15-9-12-18(23)19(13-15)25-20(21)22/h9,12-14,16-17,20H,2-8,10-11,23H2,1H3. The molecule has 3 rings (SSSR count). The molecule has 1 aromatic rings. The highest BCUT2D eigenvalue weighted by Crippen LogP contribution is 2.38. The van der Waals surface area contributed by atoms with E-state index < -0.39 is 6.61 Å². The van der Waals surface area contributed by atoms with Crippen LogP contribution >= 0.6 is 0 Å². The molecule has 0 aromatic heterocycles. The quantitative estimate of drug-likeness (QED) is 0.744. The molecule has 2 N–H and O–H groups in total. The van der Waals surface area contributed by atoms with Gasteiger partial charge in [-0.1, -0.05) is 25.3 Å². The van der Waals surface area contributed by atoms with Gasteiger partial charge in [0, 0.05) is 12.1 Å². The molecule has 5 heteroatoms. The van der Waals surface area contributed by atoms with E-state index in [-0.39, 0.29) is 11.4 Å². The highest BCUT2D eigenvalue weighted by molar-refractivity contribution is 5.54. The van der Waals surface area contributed by atoms with E-state index in [2.05, 4.69) is 16.7 Å². The van der Waals surface area contributed by atoms with E-state index in [4.69, 9.17) is 5.73 Å². The molecule has 2 saturated carbocycles. The molecule has 140 valence electrons. The number of alkyl halides is 2. The largest absolute Gasteiger partial charge is 0.433 e. The van der Waals surface area contributed by atoms with Crippen molar-refractivity contribution >= 4 is 5.69 Å². The molecule has 0 atom stereocenters. The van der Waals surface area contributed by atoms with Crippen molar-refractivity contribution in [3.05, 3.63) is 23.8 Å². The first-order valence-corrected chi connectivity index (χ1v) is 9.60. The maximum absolute atomic E-state index is 12.5. The van der Waals surface area contributed by atoms with Crippen molar-refractivity contribution < 1.29 is 13.5 Å². The van der Waals surface area contributed by atoms with Crippen molar-refractivity contribution in [2.24, 2.45) is 0 Å². The van der Waals surface area contributed by atoms with E-state index in [1.807, 2.05) is 6.07 Å². The monoisotopic (exact) mass is 352 g/mol. The van der Waals surface area contributed by atoms with Gasteiger partial charge in [0.1, 0.15) is 5.75 Å². The lowest BCUT2D eigenvalue weighted by molar-refractivity contribution is -0.0493. The molecule has 0 bridgehead atoms.